The van der Waals surface area contributed by atoms with Crippen LogP contribution in [0.15, 0.2) is 66.9 Å². The Morgan fingerprint density at radius 3 is 2.21 bits per heavy atom. The second kappa shape index (κ2) is 5.21. The maximum Gasteiger partial charge on any atom is 0.101 e. The molecule has 3 aromatic rings. The molecule has 0 saturated heterocycles. The van der Waals surface area contributed by atoms with E-state index in [-0.39, 0.29) is 0 Å². The van der Waals surface area contributed by atoms with Gasteiger partial charge in [-0.05, 0) is 23.8 Å². The summed E-state index contributed by atoms with van der Waals surface area (Å²) in [5.74, 6) is 0. The van der Waals surface area contributed by atoms with E-state index in [0.717, 1.165) is 22.4 Å². The lowest BCUT2D eigenvalue weighted by Crippen LogP contribution is -1.91. The van der Waals surface area contributed by atoms with E-state index in [2.05, 4.69) is 22.3 Å². The number of rotatable bonds is 2. The Kier molecular flexibility index (Phi) is 3.25. The minimum atomic E-state index is 0.717. The first-order chi connectivity index (χ1) is 9.34. The lowest BCUT2D eigenvalue weighted by Gasteiger charge is -2.07. The van der Waals surface area contributed by atoms with E-state index in [1.54, 1.807) is 6.20 Å². The number of hydrogen-bond acceptors (Lipinski definition) is 2. The van der Waals surface area contributed by atoms with Gasteiger partial charge < -0.3 is 0 Å². The number of benzene rings is 2. The van der Waals surface area contributed by atoms with Gasteiger partial charge in [0.05, 0.1) is 6.20 Å². The Bertz CT molecular complexity index is 679. The topological polar surface area (TPSA) is 25.8 Å². The fourth-order valence-electron chi connectivity index (χ4n) is 2.00. The summed E-state index contributed by atoms with van der Waals surface area (Å²) in [6.45, 7) is 0. The average Bonchev–Trinajstić information content (AvgIpc) is 2.49. The van der Waals surface area contributed by atoms with Crippen LogP contribution in [0.5, 0.6) is 0 Å². The van der Waals surface area contributed by atoms with Crippen LogP contribution in [0.4, 0.5) is 0 Å². The molecule has 19 heavy (non-hydrogen) atoms. The third kappa shape index (κ3) is 2.49. The number of nitrogens with zero attached hydrogens (tertiary/aromatic N) is 2. The molecule has 0 N–H and O–H groups in total. The molecule has 1 heterocycles. The molecule has 92 valence electrons. The molecule has 0 radical (unpaired) electrons. The molecule has 0 aliphatic heterocycles. The van der Waals surface area contributed by atoms with Gasteiger partial charge in [0.25, 0.3) is 0 Å². The van der Waals surface area contributed by atoms with E-state index in [1.165, 1.54) is 0 Å². The van der Waals surface area contributed by atoms with Crippen LogP contribution < -0.4 is 0 Å². The van der Waals surface area contributed by atoms with Gasteiger partial charge in [0, 0.05) is 16.1 Å². The van der Waals surface area contributed by atoms with Crippen molar-refractivity contribution in [3.8, 4) is 22.4 Å². The van der Waals surface area contributed by atoms with Gasteiger partial charge in [-0.3, -0.25) is 0 Å². The van der Waals surface area contributed by atoms with Crippen molar-refractivity contribution in [2.24, 2.45) is 0 Å². The molecule has 0 fully saturated rings. The van der Waals surface area contributed by atoms with Crippen LogP contribution in [0.25, 0.3) is 22.4 Å². The molecule has 0 unspecified atom stereocenters. The summed E-state index contributed by atoms with van der Waals surface area (Å²) in [5, 5.41) is 8.97. The van der Waals surface area contributed by atoms with Crippen molar-refractivity contribution in [3.05, 3.63) is 71.9 Å². The van der Waals surface area contributed by atoms with E-state index in [0.29, 0.717) is 5.02 Å². The Labute approximate surface area is 116 Å². The molecule has 0 bridgehead atoms. The molecule has 3 heteroatoms. The Hall–Kier alpha value is -2.19. The standard InChI is InChI=1S/C16H11ClN2/c17-14-8-6-13(7-9-14)16-15(10-11-18-19-16)12-4-2-1-3-5-12/h1-11H. The molecule has 3 rings (SSSR count). The second-order valence-electron chi connectivity index (χ2n) is 4.17. The third-order valence-electron chi connectivity index (χ3n) is 2.92. The predicted octanol–water partition coefficient (Wildman–Crippen LogP) is 4.46. The average molecular weight is 267 g/mol. The monoisotopic (exact) mass is 266 g/mol. The van der Waals surface area contributed by atoms with Crippen molar-refractivity contribution in [1.82, 2.24) is 10.2 Å². The zero-order chi connectivity index (χ0) is 13.1. The fourth-order valence-corrected chi connectivity index (χ4v) is 2.13. The molecular weight excluding hydrogens is 256 g/mol. The van der Waals surface area contributed by atoms with Gasteiger partial charge in [-0.1, -0.05) is 54.1 Å². The van der Waals surface area contributed by atoms with Gasteiger partial charge in [-0.15, -0.1) is 5.10 Å². The van der Waals surface area contributed by atoms with Crippen LogP contribution in [-0.2, 0) is 0 Å². The highest BCUT2D eigenvalue weighted by Gasteiger charge is 2.08. The van der Waals surface area contributed by atoms with Crippen molar-refractivity contribution in [3.63, 3.8) is 0 Å². The highest BCUT2D eigenvalue weighted by molar-refractivity contribution is 6.30. The van der Waals surface area contributed by atoms with E-state index < -0.39 is 0 Å². The zero-order valence-corrected chi connectivity index (χ0v) is 10.9. The molecular formula is C16H11ClN2. The second-order valence-corrected chi connectivity index (χ2v) is 4.60. The van der Waals surface area contributed by atoms with Crippen molar-refractivity contribution in [1.29, 1.82) is 0 Å². The quantitative estimate of drug-likeness (QED) is 0.684. The van der Waals surface area contributed by atoms with Crippen LogP contribution in [0.1, 0.15) is 0 Å². The molecule has 0 aliphatic carbocycles. The largest absolute Gasteiger partial charge is 0.158 e. The maximum atomic E-state index is 5.92. The van der Waals surface area contributed by atoms with E-state index in [1.807, 2.05) is 48.5 Å². The normalized spacial score (nSPS) is 10.4. The SMILES string of the molecule is Clc1ccc(-c2nnccc2-c2ccccc2)cc1. The van der Waals surface area contributed by atoms with Crippen LogP contribution in [0.2, 0.25) is 5.02 Å². The zero-order valence-electron chi connectivity index (χ0n) is 10.1. The van der Waals surface area contributed by atoms with Crippen molar-refractivity contribution < 1.29 is 0 Å². The van der Waals surface area contributed by atoms with Crippen molar-refractivity contribution >= 4 is 11.6 Å². The summed E-state index contributed by atoms with van der Waals surface area (Å²) in [5.41, 5.74) is 4.07. The van der Waals surface area contributed by atoms with Crippen LogP contribution in [0.3, 0.4) is 0 Å². The Balaban J connectivity index is 2.15. The minimum absolute atomic E-state index is 0.717. The summed E-state index contributed by atoms with van der Waals surface area (Å²) in [7, 11) is 0. The summed E-state index contributed by atoms with van der Waals surface area (Å²) >= 11 is 5.92. The van der Waals surface area contributed by atoms with E-state index in [9.17, 15) is 0 Å². The minimum Gasteiger partial charge on any atom is -0.158 e. The fraction of sp³-hybridized carbons (Fsp3) is 0. The molecule has 0 amide bonds. The third-order valence-corrected chi connectivity index (χ3v) is 3.18. The molecule has 2 nitrogen and oxygen atoms in total. The van der Waals surface area contributed by atoms with Gasteiger partial charge in [0.1, 0.15) is 5.69 Å². The van der Waals surface area contributed by atoms with E-state index >= 15 is 0 Å². The highest BCUT2D eigenvalue weighted by Crippen LogP contribution is 2.29. The number of aromatic nitrogens is 2. The molecule has 0 aliphatic rings. The molecule has 1 aromatic heterocycles. The predicted molar refractivity (Wildman–Crippen MR) is 77.9 cm³/mol. The van der Waals surface area contributed by atoms with Crippen LogP contribution >= 0.6 is 11.6 Å². The summed E-state index contributed by atoms with van der Waals surface area (Å²) in [6.07, 6.45) is 1.71. The Morgan fingerprint density at radius 1 is 0.737 bits per heavy atom. The first-order valence-corrected chi connectivity index (χ1v) is 6.35. The summed E-state index contributed by atoms with van der Waals surface area (Å²) in [4.78, 5) is 0. The lowest BCUT2D eigenvalue weighted by molar-refractivity contribution is 1.04. The van der Waals surface area contributed by atoms with Gasteiger partial charge in [-0.25, -0.2) is 0 Å². The van der Waals surface area contributed by atoms with Gasteiger partial charge >= 0.3 is 0 Å². The maximum absolute atomic E-state index is 5.92. The van der Waals surface area contributed by atoms with E-state index in [4.69, 9.17) is 11.6 Å². The first kappa shape index (κ1) is 11.9. The number of halogens is 1. The molecule has 0 spiro atoms. The van der Waals surface area contributed by atoms with Gasteiger partial charge in [0.15, 0.2) is 0 Å². The Morgan fingerprint density at radius 2 is 1.47 bits per heavy atom. The summed E-state index contributed by atoms with van der Waals surface area (Å²) in [6, 6.07) is 19.8. The van der Waals surface area contributed by atoms with Gasteiger partial charge in [-0.2, -0.15) is 5.10 Å². The van der Waals surface area contributed by atoms with Crippen molar-refractivity contribution in [2.45, 2.75) is 0 Å². The molecule has 0 saturated carbocycles. The summed E-state index contributed by atoms with van der Waals surface area (Å²) < 4.78 is 0. The van der Waals surface area contributed by atoms with Gasteiger partial charge in [0.2, 0.25) is 0 Å². The smallest absolute Gasteiger partial charge is 0.101 e. The van der Waals surface area contributed by atoms with Crippen LogP contribution in [-0.4, -0.2) is 10.2 Å². The lowest BCUT2D eigenvalue weighted by atomic mass is 10.0. The van der Waals surface area contributed by atoms with Crippen molar-refractivity contribution in [2.75, 3.05) is 0 Å². The first-order valence-electron chi connectivity index (χ1n) is 5.97. The number of hydrogen-bond donors (Lipinski definition) is 0. The highest BCUT2D eigenvalue weighted by atomic mass is 35.5. The molecule has 2 aromatic carbocycles. The van der Waals surface area contributed by atoms with Crippen LogP contribution in [0, 0.1) is 0 Å². The molecule has 0 atom stereocenters.